The van der Waals surface area contributed by atoms with Gasteiger partial charge < -0.3 is 10.0 Å². The van der Waals surface area contributed by atoms with Gasteiger partial charge in [0.2, 0.25) is 10.0 Å². The highest BCUT2D eigenvalue weighted by Gasteiger charge is 2.41. The Morgan fingerprint density at radius 1 is 1.24 bits per heavy atom. The number of hydrogen-bond donors (Lipinski definition) is 1. The van der Waals surface area contributed by atoms with Gasteiger partial charge >= 0.3 is 0 Å². The smallest absolute Gasteiger partial charge is 0.213 e. The molecule has 0 aromatic carbocycles. The lowest BCUT2D eigenvalue weighted by Gasteiger charge is -2.28. The summed E-state index contributed by atoms with van der Waals surface area (Å²) in [5.41, 5.74) is -0.841. The normalized spacial score (nSPS) is 32.4. The predicted molar refractivity (Wildman–Crippen MR) is 66.3 cm³/mol. The summed E-state index contributed by atoms with van der Waals surface area (Å²) in [6.45, 7) is 5.04. The minimum Gasteiger partial charge on any atom is -0.387 e. The number of sulfonamides is 1. The summed E-state index contributed by atoms with van der Waals surface area (Å²) in [6, 6.07) is 0. The molecule has 2 saturated heterocycles. The van der Waals surface area contributed by atoms with E-state index in [1.54, 1.807) is 6.92 Å². The van der Waals surface area contributed by atoms with Crippen LogP contribution in [-0.4, -0.2) is 66.8 Å². The van der Waals surface area contributed by atoms with Crippen LogP contribution < -0.4 is 0 Å². The lowest BCUT2D eigenvalue weighted by Crippen LogP contribution is -2.45. The molecule has 0 amide bonds. The Balaban J connectivity index is 1.95. The summed E-state index contributed by atoms with van der Waals surface area (Å²) in [5.74, 6) is 0.118. The molecule has 17 heavy (non-hydrogen) atoms. The summed E-state index contributed by atoms with van der Waals surface area (Å²) in [4.78, 5) is 2.24. The lowest BCUT2D eigenvalue weighted by molar-refractivity contribution is 0.0233. The molecule has 0 aromatic heterocycles. The van der Waals surface area contributed by atoms with Crippen LogP contribution in [0.15, 0.2) is 0 Å². The van der Waals surface area contributed by atoms with Gasteiger partial charge in [0.05, 0.1) is 11.4 Å². The molecule has 100 valence electrons. The number of likely N-dealkylation sites (tertiary alicyclic amines) is 1. The van der Waals surface area contributed by atoms with Gasteiger partial charge in [-0.3, -0.25) is 0 Å². The fourth-order valence-corrected chi connectivity index (χ4v) is 3.90. The van der Waals surface area contributed by atoms with Gasteiger partial charge in [-0.05, 0) is 39.3 Å². The lowest BCUT2D eigenvalue weighted by atomic mass is 10.0. The van der Waals surface area contributed by atoms with Gasteiger partial charge in [0.15, 0.2) is 0 Å². The zero-order valence-corrected chi connectivity index (χ0v) is 11.2. The van der Waals surface area contributed by atoms with Crippen molar-refractivity contribution in [2.24, 2.45) is 0 Å². The molecule has 2 aliphatic rings. The van der Waals surface area contributed by atoms with Gasteiger partial charge in [0, 0.05) is 19.6 Å². The quantitative estimate of drug-likeness (QED) is 0.766. The first kappa shape index (κ1) is 13.3. The summed E-state index contributed by atoms with van der Waals surface area (Å²) in [7, 11) is -3.15. The molecule has 0 aliphatic carbocycles. The monoisotopic (exact) mass is 262 g/mol. The SMILES string of the molecule is CCS(=O)(=O)N1CCC(O)(CN2CCCC2)C1. The Kier molecular flexibility index (Phi) is 3.77. The molecular weight excluding hydrogens is 240 g/mol. The van der Waals surface area contributed by atoms with Gasteiger partial charge in [-0.25, -0.2) is 8.42 Å². The number of β-amino-alcohol motifs (C(OH)–C–C–N with tert-alkyl or cyclic N) is 1. The van der Waals surface area contributed by atoms with E-state index in [0.717, 1.165) is 13.1 Å². The zero-order valence-electron chi connectivity index (χ0n) is 10.4. The highest BCUT2D eigenvalue weighted by molar-refractivity contribution is 7.89. The molecule has 1 atom stereocenters. The van der Waals surface area contributed by atoms with Crippen molar-refractivity contribution in [3.63, 3.8) is 0 Å². The second kappa shape index (κ2) is 4.84. The molecule has 5 nitrogen and oxygen atoms in total. The third-order valence-corrected chi connectivity index (χ3v) is 5.60. The molecule has 6 heteroatoms. The number of nitrogens with zero attached hydrogens (tertiary/aromatic N) is 2. The first-order chi connectivity index (χ1) is 7.95. The Morgan fingerprint density at radius 3 is 2.47 bits per heavy atom. The molecule has 0 saturated carbocycles. The van der Waals surface area contributed by atoms with Crippen LogP contribution in [0.1, 0.15) is 26.2 Å². The van der Waals surface area contributed by atoms with Crippen molar-refractivity contribution < 1.29 is 13.5 Å². The molecule has 1 N–H and O–H groups in total. The van der Waals surface area contributed by atoms with Crippen molar-refractivity contribution in [2.75, 3.05) is 38.5 Å². The van der Waals surface area contributed by atoms with Crippen molar-refractivity contribution >= 4 is 10.0 Å². The van der Waals surface area contributed by atoms with Gasteiger partial charge in [0.25, 0.3) is 0 Å². The fraction of sp³-hybridized carbons (Fsp3) is 1.00. The summed E-state index contributed by atoms with van der Waals surface area (Å²) in [5, 5.41) is 10.4. The number of aliphatic hydroxyl groups is 1. The molecule has 2 heterocycles. The van der Waals surface area contributed by atoms with Crippen LogP contribution in [-0.2, 0) is 10.0 Å². The van der Waals surface area contributed by atoms with Gasteiger partial charge in [-0.1, -0.05) is 0 Å². The van der Waals surface area contributed by atoms with E-state index in [-0.39, 0.29) is 12.3 Å². The molecule has 0 radical (unpaired) electrons. The second-order valence-electron chi connectivity index (χ2n) is 5.19. The van der Waals surface area contributed by atoms with Crippen molar-refractivity contribution in [3.8, 4) is 0 Å². The van der Waals surface area contributed by atoms with Crippen LogP contribution in [0.25, 0.3) is 0 Å². The Morgan fingerprint density at radius 2 is 1.88 bits per heavy atom. The predicted octanol–water partition coefficient (Wildman–Crippen LogP) is -0.131. The topological polar surface area (TPSA) is 60.9 Å². The van der Waals surface area contributed by atoms with E-state index in [9.17, 15) is 13.5 Å². The molecule has 1 unspecified atom stereocenters. The third kappa shape index (κ3) is 2.99. The number of hydrogen-bond acceptors (Lipinski definition) is 4. The van der Waals surface area contributed by atoms with Gasteiger partial charge in [-0.15, -0.1) is 0 Å². The van der Waals surface area contributed by atoms with E-state index in [1.165, 1.54) is 17.1 Å². The average molecular weight is 262 g/mol. The average Bonchev–Trinajstić information content (AvgIpc) is 2.89. The first-order valence-electron chi connectivity index (χ1n) is 6.38. The zero-order chi connectivity index (χ0) is 12.5. The molecule has 2 aliphatic heterocycles. The van der Waals surface area contributed by atoms with E-state index < -0.39 is 15.6 Å². The third-order valence-electron chi connectivity index (χ3n) is 3.77. The van der Waals surface area contributed by atoms with E-state index in [4.69, 9.17) is 0 Å². The minimum atomic E-state index is -3.15. The molecular formula is C11H22N2O3S. The van der Waals surface area contributed by atoms with Gasteiger partial charge in [0.1, 0.15) is 0 Å². The maximum atomic E-state index is 11.7. The van der Waals surface area contributed by atoms with Crippen LogP contribution in [0.2, 0.25) is 0 Å². The van der Waals surface area contributed by atoms with Crippen LogP contribution in [0.5, 0.6) is 0 Å². The summed E-state index contributed by atoms with van der Waals surface area (Å²) < 4.78 is 24.9. The van der Waals surface area contributed by atoms with Crippen molar-refractivity contribution in [2.45, 2.75) is 31.8 Å². The molecule has 0 bridgehead atoms. The highest BCUT2D eigenvalue weighted by Crippen LogP contribution is 2.26. The van der Waals surface area contributed by atoms with E-state index in [1.807, 2.05) is 0 Å². The number of rotatable bonds is 4. The standard InChI is InChI=1S/C11H22N2O3S/c1-2-17(15,16)13-8-5-11(14,10-13)9-12-6-3-4-7-12/h14H,2-10H2,1H3. The van der Waals surface area contributed by atoms with Crippen LogP contribution >= 0.6 is 0 Å². The first-order valence-corrected chi connectivity index (χ1v) is 7.99. The Labute approximate surface area is 103 Å². The minimum absolute atomic E-state index is 0.118. The largest absolute Gasteiger partial charge is 0.387 e. The van der Waals surface area contributed by atoms with Crippen LogP contribution in [0.4, 0.5) is 0 Å². The maximum absolute atomic E-state index is 11.7. The Hall–Kier alpha value is -0.170. The fourth-order valence-electron chi connectivity index (χ4n) is 2.73. The molecule has 0 spiro atoms. The van der Waals surface area contributed by atoms with Crippen LogP contribution in [0, 0.1) is 0 Å². The Bertz CT molecular complexity index is 365. The van der Waals surface area contributed by atoms with Gasteiger partial charge in [-0.2, -0.15) is 4.31 Å². The van der Waals surface area contributed by atoms with Crippen molar-refractivity contribution in [3.05, 3.63) is 0 Å². The second-order valence-corrected chi connectivity index (χ2v) is 7.45. The molecule has 2 rings (SSSR count). The summed E-state index contributed by atoms with van der Waals surface area (Å²) >= 11 is 0. The van der Waals surface area contributed by atoms with Crippen molar-refractivity contribution in [1.29, 1.82) is 0 Å². The summed E-state index contributed by atoms with van der Waals surface area (Å²) in [6.07, 6.45) is 2.93. The van der Waals surface area contributed by atoms with E-state index >= 15 is 0 Å². The van der Waals surface area contributed by atoms with E-state index in [2.05, 4.69) is 4.90 Å². The van der Waals surface area contributed by atoms with E-state index in [0.29, 0.717) is 19.5 Å². The van der Waals surface area contributed by atoms with Crippen LogP contribution in [0.3, 0.4) is 0 Å². The molecule has 0 aromatic rings. The van der Waals surface area contributed by atoms with Crippen molar-refractivity contribution in [1.82, 2.24) is 9.21 Å². The maximum Gasteiger partial charge on any atom is 0.213 e. The molecule has 2 fully saturated rings. The highest BCUT2D eigenvalue weighted by atomic mass is 32.2.